The molecule has 0 saturated carbocycles. The SMILES string of the molecule is COc1cc(S(C)(=O)=O)ccc1N(C(=O)OCOC(=O)[C@@H](N)C(C)(C)C)c1nc2ccc(-c3ccc(CC(=O)[C@H](C)c4ccc(F)cc4)cc3)cn2n1. The zero-order valence-electron chi connectivity index (χ0n) is 30.1. The van der Waals surface area contributed by atoms with Crippen molar-refractivity contribution in [2.45, 2.75) is 51.0 Å². The van der Waals surface area contributed by atoms with Gasteiger partial charge in [0.25, 0.3) is 5.95 Å². The topological polar surface area (TPSA) is 172 Å². The fraction of sp³-hybridized carbons (Fsp3) is 0.289. The molecule has 0 fully saturated rings. The molecule has 0 unspecified atom stereocenters. The lowest BCUT2D eigenvalue weighted by Gasteiger charge is -2.25. The van der Waals surface area contributed by atoms with Gasteiger partial charge in [-0.1, -0.05) is 64.1 Å². The molecule has 2 aromatic heterocycles. The maximum absolute atomic E-state index is 13.6. The highest BCUT2D eigenvalue weighted by Crippen LogP contribution is 2.35. The highest BCUT2D eigenvalue weighted by Gasteiger charge is 2.31. The van der Waals surface area contributed by atoms with Crippen LogP contribution in [0.15, 0.2) is 90.0 Å². The van der Waals surface area contributed by atoms with Crippen LogP contribution in [0, 0.1) is 11.2 Å². The second-order valence-corrected chi connectivity index (χ2v) is 15.5. The molecule has 13 nitrogen and oxygen atoms in total. The first-order chi connectivity index (χ1) is 25.0. The Morgan fingerprint density at radius 1 is 0.943 bits per heavy atom. The van der Waals surface area contributed by atoms with Gasteiger partial charge in [-0.3, -0.25) is 9.59 Å². The number of hydrogen-bond donors (Lipinski definition) is 1. The third-order valence-corrected chi connectivity index (χ3v) is 9.72. The van der Waals surface area contributed by atoms with Gasteiger partial charge in [-0.25, -0.2) is 27.0 Å². The molecule has 0 aliphatic carbocycles. The molecule has 5 aromatic rings. The van der Waals surface area contributed by atoms with E-state index < -0.39 is 46.1 Å². The van der Waals surface area contributed by atoms with Crippen LogP contribution < -0.4 is 15.4 Å². The van der Waals surface area contributed by atoms with E-state index in [0.29, 0.717) is 5.65 Å². The predicted octanol–water partition coefficient (Wildman–Crippen LogP) is 6.01. The summed E-state index contributed by atoms with van der Waals surface area (Å²) in [6.45, 7) is 6.31. The minimum Gasteiger partial charge on any atom is -0.495 e. The van der Waals surface area contributed by atoms with Gasteiger partial charge in [-0.15, -0.1) is 5.10 Å². The molecule has 278 valence electrons. The molecule has 0 bridgehead atoms. The van der Waals surface area contributed by atoms with E-state index in [2.05, 4.69) is 10.1 Å². The maximum atomic E-state index is 13.6. The Bertz CT molecular complexity index is 2250. The van der Waals surface area contributed by atoms with Gasteiger partial charge in [-0.2, -0.15) is 4.98 Å². The second-order valence-electron chi connectivity index (χ2n) is 13.5. The van der Waals surface area contributed by atoms with Crippen molar-refractivity contribution in [2.75, 3.05) is 25.1 Å². The molecule has 5 rings (SSSR count). The van der Waals surface area contributed by atoms with Gasteiger partial charge in [0.1, 0.15) is 23.4 Å². The number of nitrogens with zero attached hydrogens (tertiary/aromatic N) is 4. The first-order valence-electron chi connectivity index (χ1n) is 16.5. The molecule has 0 spiro atoms. The third kappa shape index (κ3) is 9.04. The minimum atomic E-state index is -3.63. The normalized spacial score (nSPS) is 12.9. The van der Waals surface area contributed by atoms with Crippen LogP contribution in [0.5, 0.6) is 5.75 Å². The molecule has 3 aromatic carbocycles. The van der Waals surface area contributed by atoms with Crippen molar-refractivity contribution in [3.8, 4) is 16.9 Å². The van der Waals surface area contributed by atoms with Crippen LogP contribution in [0.25, 0.3) is 16.8 Å². The standard InChI is InChI=1S/C38H40FN5O8S/c1-23(25-11-14-28(39)15-12-25)31(45)19-24-7-9-26(10-8-24)27-13-18-33-41-36(42-43(33)21-27)44(30-17-16-29(53(6,48)49)20-32(30)50-5)37(47)52-22-51-35(46)34(40)38(2,3)4/h7-18,20-21,23,34H,19,22,40H2,1-6H3/t23-,34-/m1/s1. The average molecular weight is 746 g/mol. The summed E-state index contributed by atoms with van der Waals surface area (Å²) in [6, 6.07) is 19.8. The number of methoxy groups -OCH3 is 1. The Labute approximate surface area is 306 Å². The average Bonchev–Trinajstić information content (AvgIpc) is 3.53. The highest BCUT2D eigenvalue weighted by atomic mass is 32.2. The Morgan fingerprint density at radius 2 is 1.60 bits per heavy atom. The molecule has 2 N–H and O–H groups in total. The van der Waals surface area contributed by atoms with Gasteiger partial charge in [0.15, 0.2) is 15.5 Å². The van der Waals surface area contributed by atoms with Crippen LogP contribution in [0.3, 0.4) is 0 Å². The molecular formula is C38H40FN5O8S. The molecule has 0 radical (unpaired) electrons. The lowest BCUT2D eigenvalue weighted by molar-refractivity contribution is -0.155. The monoisotopic (exact) mass is 745 g/mol. The van der Waals surface area contributed by atoms with Crippen LogP contribution in [0.2, 0.25) is 0 Å². The van der Waals surface area contributed by atoms with Crippen LogP contribution in [-0.4, -0.2) is 67.1 Å². The predicted molar refractivity (Wildman–Crippen MR) is 195 cm³/mol. The number of rotatable bonds is 12. The van der Waals surface area contributed by atoms with Crippen molar-refractivity contribution in [3.63, 3.8) is 0 Å². The van der Waals surface area contributed by atoms with E-state index in [9.17, 15) is 27.2 Å². The van der Waals surface area contributed by atoms with E-state index in [0.717, 1.165) is 33.4 Å². The summed E-state index contributed by atoms with van der Waals surface area (Å²) in [5.41, 5.74) is 8.89. The van der Waals surface area contributed by atoms with Gasteiger partial charge in [0.05, 0.1) is 17.7 Å². The number of aromatic nitrogens is 3. The maximum Gasteiger partial charge on any atom is 0.424 e. The van der Waals surface area contributed by atoms with E-state index in [4.69, 9.17) is 19.9 Å². The summed E-state index contributed by atoms with van der Waals surface area (Å²) in [7, 11) is -2.33. The van der Waals surface area contributed by atoms with Crippen LogP contribution in [0.1, 0.15) is 44.7 Å². The fourth-order valence-electron chi connectivity index (χ4n) is 5.25. The third-order valence-electron chi connectivity index (χ3n) is 8.61. The molecule has 2 heterocycles. The zero-order chi connectivity index (χ0) is 38.7. The number of pyridine rings is 1. The number of carbonyl (C=O) groups excluding carboxylic acids is 3. The molecule has 15 heteroatoms. The summed E-state index contributed by atoms with van der Waals surface area (Å²) < 4.78 is 55.2. The van der Waals surface area contributed by atoms with E-state index in [1.807, 2.05) is 30.3 Å². The summed E-state index contributed by atoms with van der Waals surface area (Å²) in [4.78, 5) is 44.4. The smallest absolute Gasteiger partial charge is 0.424 e. The number of Topliss-reactive ketones (excluding diaryl/α,β-unsaturated/α-hetero) is 1. The first-order valence-corrected chi connectivity index (χ1v) is 18.4. The Hall–Kier alpha value is -5.67. The van der Waals surface area contributed by atoms with Crippen molar-refractivity contribution < 1.29 is 41.4 Å². The summed E-state index contributed by atoms with van der Waals surface area (Å²) in [6.07, 6.45) is 1.89. The van der Waals surface area contributed by atoms with Gasteiger partial charge >= 0.3 is 12.1 Å². The molecule has 53 heavy (non-hydrogen) atoms. The molecule has 0 saturated heterocycles. The van der Waals surface area contributed by atoms with E-state index in [1.165, 1.54) is 42.0 Å². The van der Waals surface area contributed by atoms with Crippen molar-refractivity contribution in [1.29, 1.82) is 0 Å². The van der Waals surface area contributed by atoms with E-state index in [-0.39, 0.29) is 40.3 Å². The number of nitrogens with two attached hydrogens (primary N) is 1. The van der Waals surface area contributed by atoms with Gasteiger partial charge < -0.3 is 19.9 Å². The Balaban J connectivity index is 1.41. The number of benzene rings is 3. The molecule has 2 atom stereocenters. The van der Waals surface area contributed by atoms with E-state index in [1.54, 1.807) is 52.1 Å². The number of anilines is 2. The van der Waals surface area contributed by atoms with Crippen LogP contribution in [-0.2, 0) is 35.3 Å². The van der Waals surface area contributed by atoms with Crippen molar-refractivity contribution in [3.05, 3.63) is 102 Å². The summed E-state index contributed by atoms with van der Waals surface area (Å²) in [5.74, 6) is -1.68. The summed E-state index contributed by atoms with van der Waals surface area (Å²) in [5, 5.41) is 4.52. The number of sulfone groups is 1. The number of fused-ring (bicyclic) bond motifs is 1. The number of halogens is 1. The molecular weight excluding hydrogens is 706 g/mol. The fourth-order valence-corrected chi connectivity index (χ4v) is 5.89. The number of esters is 1. The van der Waals surface area contributed by atoms with Crippen LogP contribution in [0.4, 0.5) is 20.8 Å². The lowest BCUT2D eigenvalue weighted by atomic mass is 9.87. The number of amides is 1. The highest BCUT2D eigenvalue weighted by molar-refractivity contribution is 7.90. The zero-order valence-corrected chi connectivity index (χ0v) is 30.9. The first kappa shape index (κ1) is 38.6. The van der Waals surface area contributed by atoms with Gasteiger partial charge in [-0.05, 0) is 58.5 Å². The lowest BCUT2D eigenvalue weighted by Crippen LogP contribution is -2.43. The largest absolute Gasteiger partial charge is 0.495 e. The number of ether oxygens (including phenoxy) is 3. The number of ketones is 1. The van der Waals surface area contributed by atoms with Crippen molar-refractivity contribution >= 4 is 45.0 Å². The summed E-state index contributed by atoms with van der Waals surface area (Å²) >= 11 is 0. The van der Waals surface area contributed by atoms with E-state index >= 15 is 0 Å². The second kappa shape index (κ2) is 15.5. The van der Waals surface area contributed by atoms with Crippen LogP contribution >= 0.6 is 0 Å². The van der Waals surface area contributed by atoms with Crippen molar-refractivity contribution in [1.82, 2.24) is 14.6 Å². The van der Waals surface area contributed by atoms with Crippen molar-refractivity contribution in [2.24, 2.45) is 11.1 Å². The quantitative estimate of drug-likeness (QED) is 0.117. The molecule has 0 aliphatic heterocycles. The number of carbonyl (C=O) groups is 3. The Morgan fingerprint density at radius 3 is 2.23 bits per heavy atom. The molecule has 0 aliphatic rings. The number of hydrogen-bond acceptors (Lipinski definition) is 11. The minimum absolute atomic E-state index is 0.00163. The Kier molecular flexibility index (Phi) is 11.3. The van der Waals surface area contributed by atoms with Gasteiger partial charge in [0, 0.05) is 36.4 Å². The van der Waals surface area contributed by atoms with Gasteiger partial charge in [0.2, 0.25) is 6.79 Å². The molecule has 1 amide bonds.